The summed E-state index contributed by atoms with van der Waals surface area (Å²) in [6.45, 7) is 4.53. The predicted octanol–water partition coefficient (Wildman–Crippen LogP) is 12.2. The zero-order valence-electron chi connectivity index (χ0n) is 33.4. The van der Waals surface area contributed by atoms with E-state index in [2.05, 4.69) is 19.2 Å². The van der Waals surface area contributed by atoms with Gasteiger partial charge in [-0.3, -0.25) is 18.9 Å². The van der Waals surface area contributed by atoms with Crippen LogP contribution in [0.5, 0.6) is 0 Å². The van der Waals surface area contributed by atoms with Gasteiger partial charge in [-0.2, -0.15) is 0 Å². The number of esters is 2. The van der Waals surface area contributed by atoms with Crippen molar-refractivity contribution < 1.29 is 37.8 Å². The molecule has 2 atom stereocenters. The van der Waals surface area contributed by atoms with Gasteiger partial charge in [0.25, 0.3) is 0 Å². The monoisotopic (exact) mass is 762 g/mol. The zero-order chi connectivity index (χ0) is 37.7. The Kier molecular flexibility index (Phi) is 39.8. The molecule has 0 saturated heterocycles. The van der Waals surface area contributed by atoms with E-state index in [4.69, 9.17) is 14.0 Å². The molecule has 0 fully saturated rings. The van der Waals surface area contributed by atoms with Crippen LogP contribution in [0.3, 0.4) is 0 Å². The number of nitrogens with one attached hydrogen (secondary N) is 1. The molecule has 0 aliphatic heterocycles. The first-order valence-corrected chi connectivity index (χ1v) is 23.0. The second-order valence-corrected chi connectivity index (χ2v) is 16.5. The van der Waals surface area contributed by atoms with E-state index in [1.807, 2.05) is 0 Å². The molecule has 1 amide bonds. The molecular formula is C42H84NO8P. The van der Waals surface area contributed by atoms with Gasteiger partial charge in [-0.05, 0) is 32.1 Å². The summed E-state index contributed by atoms with van der Waals surface area (Å²) < 4.78 is 29.2. The second kappa shape index (κ2) is 39.3. The quantitative estimate of drug-likeness (QED) is 0.0360. The SMILES string of the molecule is C.CCCCCCCCCCCCCC(=O)OC[C@H](CCP(=O)(O)OCCCCCCCC(=O)NC)OC(=O)CCCCCCCCCCCCC. The van der Waals surface area contributed by atoms with Gasteiger partial charge in [0.1, 0.15) is 12.7 Å². The molecule has 0 aromatic heterocycles. The summed E-state index contributed by atoms with van der Waals surface area (Å²) in [4.78, 5) is 46.9. The van der Waals surface area contributed by atoms with Crippen LogP contribution in [0.1, 0.15) is 220 Å². The summed E-state index contributed by atoms with van der Waals surface area (Å²) in [5.74, 6) is -0.643. The Morgan fingerprint density at radius 3 is 1.40 bits per heavy atom. The molecule has 0 aromatic rings. The molecule has 0 saturated carbocycles. The minimum Gasteiger partial charge on any atom is -0.462 e. The molecule has 0 bridgehead atoms. The number of hydrogen-bond donors (Lipinski definition) is 2. The number of hydrogen-bond acceptors (Lipinski definition) is 7. The van der Waals surface area contributed by atoms with Gasteiger partial charge in [-0.25, -0.2) is 0 Å². The fourth-order valence-corrected chi connectivity index (χ4v) is 7.33. The minimum atomic E-state index is -3.89. The molecule has 0 aromatic carbocycles. The molecule has 52 heavy (non-hydrogen) atoms. The second-order valence-electron chi connectivity index (χ2n) is 14.5. The predicted molar refractivity (Wildman–Crippen MR) is 217 cm³/mol. The van der Waals surface area contributed by atoms with Gasteiger partial charge in [0, 0.05) is 26.3 Å². The molecule has 10 heteroatoms. The Morgan fingerprint density at radius 2 is 0.962 bits per heavy atom. The molecule has 0 aliphatic rings. The summed E-state index contributed by atoms with van der Waals surface area (Å²) in [5, 5.41) is 2.61. The van der Waals surface area contributed by atoms with Gasteiger partial charge in [-0.15, -0.1) is 0 Å². The van der Waals surface area contributed by atoms with Crippen LogP contribution in [-0.2, 0) is 32.9 Å². The Labute approximate surface area is 320 Å². The summed E-state index contributed by atoms with van der Waals surface area (Å²) in [5.41, 5.74) is 0. The molecule has 0 rings (SSSR count). The average molecular weight is 762 g/mol. The van der Waals surface area contributed by atoms with E-state index < -0.39 is 13.7 Å². The van der Waals surface area contributed by atoms with Crippen molar-refractivity contribution in [3.8, 4) is 0 Å². The Morgan fingerprint density at radius 1 is 0.577 bits per heavy atom. The first-order chi connectivity index (χ1) is 24.7. The lowest BCUT2D eigenvalue weighted by atomic mass is 10.1. The van der Waals surface area contributed by atoms with Crippen LogP contribution in [0.2, 0.25) is 0 Å². The topological polar surface area (TPSA) is 128 Å². The van der Waals surface area contributed by atoms with Crippen molar-refractivity contribution in [1.82, 2.24) is 5.32 Å². The molecule has 1 unspecified atom stereocenters. The first-order valence-electron chi connectivity index (χ1n) is 21.3. The van der Waals surface area contributed by atoms with Gasteiger partial charge in [-0.1, -0.05) is 169 Å². The maximum Gasteiger partial charge on any atom is 0.328 e. The standard InChI is InChI=1S/C41H80NO8P.CH4/c1-4-6-8-10-12-14-16-18-20-24-28-32-40(44)48-37-38(50-41(45)33-29-25-21-19-17-15-13-11-9-7-5-2)34-36-51(46,47)49-35-30-26-22-23-27-31-39(43)42-3;/h38H,4-37H2,1-3H3,(H,42,43)(H,46,47);1H4/t38-;/m0./s1. The highest BCUT2D eigenvalue weighted by atomic mass is 31.2. The van der Waals surface area contributed by atoms with Crippen molar-refractivity contribution in [3.63, 3.8) is 0 Å². The smallest absolute Gasteiger partial charge is 0.328 e. The lowest BCUT2D eigenvalue weighted by Crippen LogP contribution is -2.26. The zero-order valence-corrected chi connectivity index (χ0v) is 34.3. The fraction of sp³-hybridized carbons (Fsp3) is 0.929. The van der Waals surface area contributed by atoms with Crippen molar-refractivity contribution in [1.29, 1.82) is 0 Å². The van der Waals surface area contributed by atoms with Crippen LogP contribution in [-0.4, -0.2) is 55.3 Å². The molecule has 2 N–H and O–H groups in total. The van der Waals surface area contributed by atoms with Crippen LogP contribution in [0.4, 0.5) is 0 Å². The van der Waals surface area contributed by atoms with E-state index in [0.29, 0.717) is 19.3 Å². The highest BCUT2D eigenvalue weighted by molar-refractivity contribution is 7.52. The minimum absolute atomic E-state index is 0. The third kappa shape index (κ3) is 38.3. The normalized spacial score (nSPS) is 12.8. The molecule has 0 spiro atoms. The average Bonchev–Trinajstić information content (AvgIpc) is 3.11. The first kappa shape index (κ1) is 52.7. The van der Waals surface area contributed by atoms with Crippen LogP contribution in [0.25, 0.3) is 0 Å². The van der Waals surface area contributed by atoms with Crippen LogP contribution in [0, 0.1) is 0 Å². The number of amides is 1. The maximum atomic E-state index is 12.7. The third-order valence-corrected chi connectivity index (χ3v) is 11.0. The lowest BCUT2D eigenvalue weighted by Gasteiger charge is -2.20. The summed E-state index contributed by atoms with van der Waals surface area (Å²) in [6.07, 6.45) is 30.8. The lowest BCUT2D eigenvalue weighted by molar-refractivity contribution is -0.159. The fourth-order valence-electron chi connectivity index (χ4n) is 6.17. The summed E-state index contributed by atoms with van der Waals surface area (Å²) >= 11 is 0. The van der Waals surface area contributed by atoms with Gasteiger partial charge < -0.3 is 24.2 Å². The number of carbonyl (C=O) groups is 3. The van der Waals surface area contributed by atoms with Crippen molar-refractivity contribution in [2.75, 3.05) is 26.4 Å². The number of rotatable bonds is 39. The molecule has 310 valence electrons. The van der Waals surface area contributed by atoms with Crippen molar-refractivity contribution in [2.24, 2.45) is 0 Å². The Bertz CT molecular complexity index is 871. The van der Waals surface area contributed by atoms with E-state index in [9.17, 15) is 23.8 Å². The molecule has 9 nitrogen and oxygen atoms in total. The number of unbranched alkanes of at least 4 members (excludes halogenated alkanes) is 24. The van der Waals surface area contributed by atoms with Crippen molar-refractivity contribution >= 4 is 25.4 Å². The summed E-state index contributed by atoms with van der Waals surface area (Å²) in [7, 11) is -2.26. The van der Waals surface area contributed by atoms with Gasteiger partial charge >= 0.3 is 19.5 Å². The van der Waals surface area contributed by atoms with E-state index >= 15 is 0 Å². The third-order valence-electron chi connectivity index (χ3n) is 9.55. The number of carbonyl (C=O) groups excluding carboxylic acids is 3. The molecular weight excluding hydrogens is 677 g/mol. The molecule has 0 heterocycles. The highest BCUT2D eigenvalue weighted by Crippen LogP contribution is 2.43. The maximum absolute atomic E-state index is 12.7. The van der Waals surface area contributed by atoms with Crippen molar-refractivity contribution in [3.05, 3.63) is 0 Å². The van der Waals surface area contributed by atoms with Gasteiger partial charge in [0.15, 0.2) is 0 Å². The van der Waals surface area contributed by atoms with Crippen LogP contribution >= 0.6 is 7.60 Å². The van der Waals surface area contributed by atoms with Gasteiger partial charge in [0.05, 0.1) is 12.8 Å². The summed E-state index contributed by atoms with van der Waals surface area (Å²) in [6, 6.07) is 0. The molecule has 0 aliphatic carbocycles. The van der Waals surface area contributed by atoms with Crippen LogP contribution < -0.4 is 5.32 Å². The molecule has 0 radical (unpaired) electrons. The Balaban J connectivity index is 0. The van der Waals surface area contributed by atoms with E-state index in [1.54, 1.807) is 7.05 Å². The van der Waals surface area contributed by atoms with Gasteiger partial charge in [0.2, 0.25) is 5.91 Å². The van der Waals surface area contributed by atoms with Crippen LogP contribution in [0.15, 0.2) is 0 Å². The highest BCUT2D eigenvalue weighted by Gasteiger charge is 2.25. The van der Waals surface area contributed by atoms with E-state index in [1.165, 1.54) is 103 Å². The van der Waals surface area contributed by atoms with E-state index in [0.717, 1.165) is 64.2 Å². The van der Waals surface area contributed by atoms with Crippen molar-refractivity contribution in [2.45, 2.75) is 226 Å². The largest absolute Gasteiger partial charge is 0.462 e. The van der Waals surface area contributed by atoms with E-state index in [-0.39, 0.29) is 57.5 Å². The Hall–Kier alpha value is -1.44. The number of ether oxygens (including phenoxy) is 2.